The molecule has 1 nitrogen and oxygen atoms in total. The molecule has 2 aromatic carbocycles. The van der Waals surface area contributed by atoms with Crippen molar-refractivity contribution in [1.82, 2.24) is 5.32 Å². The molecule has 1 N–H and O–H groups in total. The number of benzene rings is 2. The monoisotopic (exact) mass is 297 g/mol. The van der Waals surface area contributed by atoms with Crippen molar-refractivity contribution in [1.29, 1.82) is 0 Å². The van der Waals surface area contributed by atoms with E-state index in [9.17, 15) is 0 Å². The van der Waals surface area contributed by atoms with E-state index in [4.69, 9.17) is 0 Å². The largest absolute Gasteiger partial charge is 0.303 e. The van der Waals surface area contributed by atoms with Crippen LogP contribution in [-0.4, -0.2) is 17.5 Å². The molecule has 21 heavy (non-hydrogen) atoms. The summed E-state index contributed by atoms with van der Waals surface area (Å²) in [6.45, 7) is 2.21. The molecule has 1 aliphatic rings. The van der Waals surface area contributed by atoms with E-state index < -0.39 is 0 Å². The molecule has 0 aromatic heterocycles. The third-order valence-corrected chi connectivity index (χ3v) is 5.30. The van der Waals surface area contributed by atoms with Crippen LogP contribution in [-0.2, 0) is 0 Å². The average Bonchev–Trinajstić information content (AvgIpc) is 2.55. The fourth-order valence-corrected chi connectivity index (χ4v) is 4.13. The molecule has 1 fully saturated rings. The Kier molecular flexibility index (Phi) is 5.00. The van der Waals surface area contributed by atoms with Gasteiger partial charge in [0.05, 0.1) is 6.04 Å². The van der Waals surface area contributed by atoms with Crippen LogP contribution in [0.25, 0.3) is 0 Å². The van der Waals surface area contributed by atoms with Crippen LogP contribution in [0.15, 0.2) is 54.6 Å². The molecule has 2 aromatic rings. The van der Waals surface area contributed by atoms with Crippen molar-refractivity contribution in [3.05, 3.63) is 71.3 Å². The number of thioether (sulfide) groups is 1. The second-order valence-electron chi connectivity index (χ2n) is 5.75. The Hall–Kier alpha value is -1.25. The molecule has 110 valence electrons. The maximum atomic E-state index is 3.92. The molecule has 1 heterocycles. The van der Waals surface area contributed by atoms with Gasteiger partial charge in [-0.3, -0.25) is 0 Å². The second-order valence-corrected chi connectivity index (χ2v) is 6.98. The first kappa shape index (κ1) is 14.7. The van der Waals surface area contributed by atoms with E-state index in [-0.39, 0.29) is 0 Å². The number of aryl methyl sites for hydroxylation is 1. The molecular formula is C19H23NS. The minimum Gasteiger partial charge on any atom is -0.303 e. The zero-order valence-electron chi connectivity index (χ0n) is 12.6. The van der Waals surface area contributed by atoms with Gasteiger partial charge in [0.2, 0.25) is 0 Å². The molecule has 0 amide bonds. The van der Waals surface area contributed by atoms with E-state index in [2.05, 4.69) is 78.6 Å². The summed E-state index contributed by atoms with van der Waals surface area (Å²) in [5.41, 5.74) is 4.14. The lowest BCUT2D eigenvalue weighted by Crippen LogP contribution is -2.36. The van der Waals surface area contributed by atoms with Crippen LogP contribution in [0.4, 0.5) is 0 Å². The van der Waals surface area contributed by atoms with Gasteiger partial charge in [0.15, 0.2) is 0 Å². The van der Waals surface area contributed by atoms with Gasteiger partial charge < -0.3 is 5.32 Å². The molecule has 1 saturated heterocycles. The zero-order valence-corrected chi connectivity index (χ0v) is 13.4. The highest BCUT2D eigenvalue weighted by molar-refractivity contribution is 7.99. The molecule has 1 aliphatic heterocycles. The summed E-state index contributed by atoms with van der Waals surface area (Å²) in [4.78, 5) is 0. The van der Waals surface area contributed by atoms with Gasteiger partial charge in [0.25, 0.3) is 0 Å². The Morgan fingerprint density at radius 1 is 0.952 bits per heavy atom. The zero-order chi connectivity index (χ0) is 14.5. The normalized spacial score (nSPS) is 17.6. The van der Waals surface area contributed by atoms with Crippen molar-refractivity contribution in [2.75, 3.05) is 11.5 Å². The highest BCUT2D eigenvalue weighted by Crippen LogP contribution is 2.27. The van der Waals surface area contributed by atoms with E-state index in [0.29, 0.717) is 12.1 Å². The first-order valence-electron chi connectivity index (χ1n) is 7.79. The lowest BCUT2D eigenvalue weighted by atomic mass is 9.93. The molecular weight excluding hydrogens is 274 g/mol. The first-order valence-corrected chi connectivity index (χ1v) is 8.94. The summed E-state index contributed by atoms with van der Waals surface area (Å²) in [6, 6.07) is 20.5. The van der Waals surface area contributed by atoms with Gasteiger partial charge in [0.1, 0.15) is 0 Å². The molecule has 0 radical (unpaired) electrons. The number of nitrogens with one attached hydrogen (secondary N) is 1. The van der Waals surface area contributed by atoms with E-state index in [1.807, 2.05) is 0 Å². The van der Waals surface area contributed by atoms with Crippen LogP contribution in [0.3, 0.4) is 0 Å². The Bertz CT molecular complexity index is 561. The van der Waals surface area contributed by atoms with Crippen molar-refractivity contribution in [2.24, 2.45) is 0 Å². The SMILES string of the molecule is Cc1ccccc1C(NC1CCSCC1)c1ccccc1. The van der Waals surface area contributed by atoms with Crippen LogP contribution in [0.1, 0.15) is 35.6 Å². The molecule has 1 atom stereocenters. The van der Waals surface area contributed by atoms with Gasteiger partial charge in [-0.1, -0.05) is 54.6 Å². The van der Waals surface area contributed by atoms with Gasteiger partial charge in [-0.25, -0.2) is 0 Å². The lowest BCUT2D eigenvalue weighted by molar-refractivity contribution is 0.445. The topological polar surface area (TPSA) is 12.0 Å². The smallest absolute Gasteiger partial charge is 0.0581 e. The fourth-order valence-electron chi connectivity index (χ4n) is 3.02. The highest BCUT2D eigenvalue weighted by atomic mass is 32.2. The van der Waals surface area contributed by atoms with Gasteiger partial charge >= 0.3 is 0 Å². The van der Waals surface area contributed by atoms with Crippen LogP contribution < -0.4 is 5.32 Å². The van der Waals surface area contributed by atoms with Crippen LogP contribution in [0.5, 0.6) is 0 Å². The molecule has 0 saturated carbocycles. The third kappa shape index (κ3) is 3.69. The Morgan fingerprint density at radius 3 is 2.33 bits per heavy atom. The van der Waals surface area contributed by atoms with Gasteiger partial charge in [-0.15, -0.1) is 0 Å². The van der Waals surface area contributed by atoms with Crippen molar-refractivity contribution >= 4 is 11.8 Å². The van der Waals surface area contributed by atoms with Gasteiger partial charge in [-0.2, -0.15) is 11.8 Å². The number of hydrogen-bond acceptors (Lipinski definition) is 2. The Morgan fingerprint density at radius 2 is 1.62 bits per heavy atom. The van der Waals surface area contributed by atoms with E-state index in [1.165, 1.54) is 41.0 Å². The first-order chi connectivity index (χ1) is 10.3. The predicted octanol–water partition coefficient (Wildman–Crippen LogP) is 4.57. The minimum absolute atomic E-state index is 0.306. The molecule has 0 bridgehead atoms. The van der Waals surface area contributed by atoms with Crippen molar-refractivity contribution < 1.29 is 0 Å². The summed E-state index contributed by atoms with van der Waals surface area (Å²) in [5, 5.41) is 3.92. The highest BCUT2D eigenvalue weighted by Gasteiger charge is 2.21. The summed E-state index contributed by atoms with van der Waals surface area (Å²) < 4.78 is 0. The van der Waals surface area contributed by atoms with Crippen molar-refractivity contribution in [2.45, 2.75) is 31.8 Å². The standard InChI is InChI=1S/C19H23NS/c1-15-7-5-6-10-18(15)19(16-8-3-2-4-9-16)20-17-11-13-21-14-12-17/h2-10,17,19-20H,11-14H2,1H3. The minimum atomic E-state index is 0.306. The summed E-state index contributed by atoms with van der Waals surface area (Å²) in [5.74, 6) is 2.57. The Balaban J connectivity index is 1.89. The van der Waals surface area contributed by atoms with Gasteiger partial charge in [0, 0.05) is 6.04 Å². The lowest BCUT2D eigenvalue weighted by Gasteiger charge is -2.30. The average molecular weight is 297 g/mol. The summed E-state index contributed by atoms with van der Waals surface area (Å²) >= 11 is 2.08. The number of hydrogen-bond donors (Lipinski definition) is 1. The van der Waals surface area contributed by atoms with Crippen LogP contribution >= 0.6 is 11.8 Å². The van der Waals surface area contributed by atoms with Crippen LogP contribution in [0, 0.1) is 6.92 Å². The number of rotatable bonds is 4. The molecule has 0 spiro atoms. The van der Waals surface area contributed by atoms with Crippen LogP contribution in [0.2, 0.25) is 0 Å². The maximum Gasteiger partial charge on any atom is 0.0581 e. The Labute approximate surface area is 132 Å². The van der Waals surface area contributed by atoms with Gasteiger partial charge in [-0.05, 0) is 48.0 Å². The van der Waals surface area contributed by atoms with E-state index in [1.54, 1.807) is 0 Å². The van der Waals surface area contributed by atoms with Crippen molar-refractivity contribution in [3.8, 4) is 0 Å². The fraction of sp³-hybridized carbons (Fsp3) is 0.368. The molecule has 2 heteroatoms. The summed E-state index contributed by atoms with van der Waals surface area (Å²) in [6.07, 6.45) is 2.56. The predicted molar refractivity (Wildman–Crippen MR) is 92.9 cm³/mol. The summed E-state index contributed by atoms with van der Waals surface area (Å²) in [7, 11) is 0. The maximum absolute atomic E-state index is 3.92. The van der Waals surface area contributed by atoms with Crippen molar-refractivity contribution in [3.63, 3.8) is 0 Å². The molecule has 3 rings (SSSR count). The third-order valence-electron chi connectivity index (χ3n) is 4.26. The van der Waals surface area contributed by atoms with E-state index in [0.717, 1.165) is 0 Å². The molecule has 1 unspecified atom stereocenters. The second kappa shape index (κ2) is 7.15. The molecule has 0 aliphatic carbocycles. The van der Waals surface area contributed by atoms with E-state index >= 15 is 0 Å². The quantitative estimate of drug-likeness (QED) is 0.887.